The van der Waals surface area contributed by atoms with Gasteiger partial charge in [-0.3, -0.25) is 4.84 Å². The van der Waals surface area contributed by atoms with Gasteiger partial charge in [-0.15, -0.1) is 0 Å². The quantitative estimate of drug-likeness (QED) is 0.791. The van der Waals surface area contributed by atoms with Crippen molar-refractivity contribution in [1.29, 1.82) is 0 Å². The molecule has 0 radical (unpaired) electrons. The molecule has 0 saturated heterocycles. The Bertz CT molecular complexity index is 431. The van der Waals surface area contributed by atoms with E-state index in [2.05, 4.69) is 5.16 Å². The lowest BCUT2D eigenvalue weighted by atomic mass is 10.2. The van der Waals surface area contributed by atoms with E-state index in [0.29, 0.717) is 12.3 Å². The van der Waals surface area contributed by atoms with Gasteiger partial charge in [0.2, 0.25) is 0 Å². The van der Waals surface area contributed by atoms with Crippen LogP contribution in [0.4, 0.5) is 0 Å². The Hall–Kier alpha value is -0.920. The zero-order valence-electron chi connectivity index (χ0n) is 9.77. The van der Waals surface area contributed by atoms with Crippen molar-refractivity contribution in [2.24, 2.45) is 5.92 Å². The minimum Gasteiger partial charge on any atom is -0.360 e. The van der Waals surface area contributed by atoms with Crippen LogP contribution in [-0.2, 0) is 14.9 Å². The highest BCUT2D eigenvalue weighted by atomic mass is 32.2. The van der Waals surface area contributed by atoms with Crippen LogP contribution in [-0.4, -0.2) is 20.2 Å². The fraction of sp³-hybridized carbons (Fsp3) is 0.667. The van der Waals surface area contributed by atoms with Gasteiger partial charge in [0.25, 0.3) is 10.0 Å². The van der Waals surface area contributed by atoms with Gasteiger partial charge >= 0.3 is 0 Å². The molecule has 6 nitrogen and oxygen atoms in total. The lowest BCUT2D eigenvalue weighted by molar-refractivity contribution is 0.0718. The molecule has 16 heavy (non-hydrogen) atoms. The molecule has 0 atom stereocenters. The van der Waals surface area contributed by atoms with Crippen molar-refractivity contribution in [3.8, 4) is 0 Å². The van der Waals surface area contributed by atoms with E-state index >= 15 is 0 Å². The maximum absolute atomic E-state index is 11.8. The first-order chi connectivity index (χ1) is 7.34. The maximum atomic E-state index is 11.8. The van der Waals surface area contributed by atoms with Gasteiger partial charge in [-0.05, 0) is 19.8 Å². The van der Waals surface area contributed by atoms with Crippen molar-refractivity contribution < 1.29 is 17.8 Å². The SMILES string of the molecule is Cc1noc(C)c1S(=O)(=O)NOCC(C)C. The molecule has 0 amide bonds. The van der Waals surface area contributed by atoms with Gasteiger partial charge < -0.3 is 4.52 Å². The number of sulfonamides is 1. The minimum atomic E-state index is -3.70. The van der Waals surface area contributed by atoms with E-state index < -0.39 is 10.0 Å². The second-order valence-corrected chi connectivity index (χ2v) is 5.53. The molecule has 92 valence electrons. The van der Waals surface area contributed by atoms with Gasteiger partial charge in [0, 0.05) is 0 Å². The molecule has 0 aliphatic carbocycles. The number of hydrogen-bond donors (Lipinski definition) is 1. The minimum absolute atomic E-state index is 0.0382. The van der Waals surface area contributed by atoms with E-state index in [9.17, 15) is 8.42 Å². The highest BCUT2D eigenvalue weighted by Crippen LogP contribution is 2.18. The van der Waals surface area contributed by atoms with Crippen LogP contribution >= 0.6 is 0 Å². The number of aryl methyl sites for hydroxylation is 2. The normalized spacial score (nSPS) is 12.3. The fourth-order valence-corrected chi connectivity index (χ4v) is 2.33. The molecule has 1 aromatic heterocycles. The Labute approximate surface area is 95.0 Å². The summed E-state index contributed by atoms with van der Waals surface area (Å²) < 4.78 is 28.3. The molecule has 7 heteroatoms. The van der Waals surface area contributed by atoms with Crippen LogP contribution in [0.3, 0.4) is 0 Å². The highest BCUT2D eigenvalue weighted by molar-refractivity contribution is 7.89. The summed E-state index contributed by atoms with van der Waals surface area (Å²) in [5.41, 5.74) is 0.318. The Balaban J connectivity index is 2.79. The number of rotatable bonds is 5. The van der Waals surface area contributed by atoms with E-state index in [1.54, 1.807) is 6.92 Å². The van der Waals surface area contributed by atoms with Gasteiger partial charge in [-0.1, -0.05) is 23.9 Å². The van der Waals surface area contributed by atoms with Crippen molar-refractivity contribution in [2.75, 3.05) is 6.61 Å². The Kier molecular flexibility index (Phi) is 4.06. The molecule has 1 rings (SSSR count). The van der Waals surface area contributed by atoms with E-state index in [4.69, 9.17) is 9.36 Å². The molecule has 0 bridgehead atoms. The smallest absolute Gasteiger partial charge is 0.267 e. The second kappa shape index (κ2) is 4.94. The van der Waals surface area contributed by atoms with Crippen LogP contribution in [0.25, 0.3) is 0 Å². The average Bonchev–Trinajstić information content (AvgIpc) is 2.45. The van der Waals surface area contributed by atoms with Crippen LogP contribution < -0.4 is 4.89 Å². The molecule has 1 N–H and O–H groups in total. The number of aromatic nitrogens is 1. The molecular formula is C9H16N2O4S. The first-order valence-corrected chi connectivity index (χ1v) is 6.39. The Morgan fingerprint density at radius 3 is 2.50 bits per heavy atom. The summed E-state index contributed by atoms with van der Waals surface area (Å²) in [6.45, 7) is 7.25. The summed E-state index contributed by atoms with van der Waals surface area (Å²) in [5, 5.41) is 3.58. The molecule has 0 fully saturated rings. The van der Waals surface area contributed by atoms with Crippen LogP contribution in [0.2, 0.25) is 0 Å². The third-order valence-corrected chi connectivity index (χ3v) is 3.28. The third kappa shape index (κ3) is 3.03. The van der Waals surface area contributed by atoms with Crippen LogP contribution in [0.15, 0.2) is 9.42 Å². The largest absolute Gasteiger partial charge is 0.360 e. The predicted octanol–water partition coefficient (Wildman–Crippen LogP) is 1.16. The van der Waals surface area contributed by atoms with Gasteiger partial charge in [0.1, 0.15) is 10.6 Å². The van der Waals surface area contributed by atoms with Gasteiger partial charge in [0.15, 0.2) is 5.76 Å². The van der Waals surface area contributed by atoms with Crippen molar-refractivity contribution in [2.45, 2.75) is 32.6 Å². The van der Waals surface area contributed by atoms with E-state index in [1.165, 1.54) is 6.92 Å². The Morgan fingerprint density at radius 1 is 1.44 bits per heavy atom. The van der Waals surface area contributed by atoms with Gasteiger partial charge in [0.05, 0.1) is 6.61 Å². The van der Waals surface area contributed by atoms with Crippen LogP contribution in [0.5, 0.6) is 0 Å². The first kappa shape index (κ1) is 13.1. The zero-order chi connectivity index (χ0) is 12.3. The Morgan fingerprint density at radius 2 is 2.06 bits per heavy atom. The van der Waals surface area contributed by atoms with Crippen LogP contribution in [0.1, 0.15) is 25.3 Å². The molecule has 1 aromatic rings. The summed E-state index contributed by atoms with van der Waals surface area (Å²) in [6, 6.07) is 0. The van der Waals surface area contributed by atoms with Crippen molar-refractivity contribution in [3.63, 3.8) is 0 Å². The number of nitrogens with zero attached hydrogens (tertiary/aromatic N) is 1. The number of nitrogens with one attached hydrogen (secondary N) is 1. The summed E-state index contributed by atoms with van der Waals surface area (Å²) in [4.78, 5) is 6.97. The van der Waals surface area contributed by atoms with Gasteiger partial charge in [-0.25, -0.2) is 8.42 Å². The van der Waals surface area contributed by atoms with Crippen molar-refractivity contribution >= 4 is 10.0 Å². The second-order valence-electron chi connectivity index (χ2n) is 3.94. The summed E-state index contributed by atoms with van der Waals surface area (Å²) in [7, 11) is -3.70. The molecule has 0 aliphatic rings. The molecule has 0 aromatic carbocycles. The predicted molar refractivity (Wildman–Crippen MR) is 57.1 cm³/mol. The molecule has 0 aliphatic heterocycles. The zero-order valence-corrected chi connectivity index (χ0v) is 10.6. The molecule has 0 unspecified atom stereocenters. The van der Waals surface area contributed by atoms with E-state index in [-0.39, 0.29) is 16.6 Å². The molecule has 0 saturated carbocycles. The lowest BCUT2D eigenvalue weighted by Gasteiger charge is -2.08. The van der Waals surface area contributed by atoms with Gasteiger partial charge in [-0.2, -0.15) is 0 Å². The maximum Gasteiger partial charge on any atom is 0.267 e. The molecular weight excluding hydrogens is 232 g/mol. The van der Waals surface area contributed by atoms with Crippen LogP contribution in [0, 0.1) is 19.8 Å². The summed E-state index contributed by atoms with van der Waals surface area (Å²) in [6.07, 6.45) is 0. The summed E-state index contributed by atoms with van der Waals surface area (Å²) >= 11 is 0. The highest BCUT2D eigenvalue weighted by Gasteiger charge is 2.24. The first-order valence-electron chi connectivity index (χ1n) is 4.91. The number of hydrogen-bond acceptors (Lipinski definition) is 5. The monoisotopic (exact) mass is 248 g/mol. The van der Waals surface area contributed by atoms with E-state index in [1.807, 2.05) is 18.7 Å². The average molecular weight is 248 g/mol. The third-order valence-electron chi connectivity index (χ3n) is 1.82. The molecule has 0 spiro atoms. The van der Waals surface area contributed by atoms with E-state index in [0.717, 1.165) is 0 Å². The van der Waals surface area contributed by atoms with Crippen molar-refractivity contribution in [1.82, 2.24) is 10.0 Å². The molecule has 1 heterocycles. The lowest BCUT2D eigenvalue weighted by Crippen LogP contribution is -2.26. The van der Waals surface area contributed by atoms with Crippen molar-refractivity contribution in [3.05, 3.63) is 11.5 Å². The fourth-order valence-electron chi connectivity index (χ4n) is 1.18. The standard InChI is InChI=1S/C9H16N2O4S/c1-6(2)5-14-11-16(12,13)9-7(3)10-15-8(9)4/h6,11H,5H2,1-4H3. The summed E-state index contributed by atoms with van der Waals surface area (Å²) in [5.74, 6) is 0.491. The topological polar surface area (TPSA) is 81.4 Å².